The van der Waals surface area contributed by atoms with Gasteiger partial charge in [0.25, 0.3) is 0 Å². The van der Waals surface area contributed by atoms with E-state index >= 15 is 0 Å². The smallest absolute Gasteiger partial charge is 0.238 e. The summed E-state index contributed by atoms with van der Waals surface area (Å²) in [7, 11) is -3.69. The van der Waals surface area contributed by atoms with Gasteiger partial charge in [0, 0.05) is 12.2 Å². The Morgan fingerprint density at radius 1 is 1.33 bits per heavy atom. The van der Waals surface area contributed by atoms with Crippen LogP contribution in [0.1, 0.15) is 6.42 Å². The Kier molecular flexibility index (Phi) is 3.65. The predicted molar refractivity (Wildman–Crippen MR) is 67.4 cm³/mol. The molecule has 1 atom stereocenters. The van der Waals surface area contributed by atoms with Crippen LogP contribution in [0.25, 0.3) is 0 Å². The Morgan fingerprint density at radius 3 is 2.50 bits per heavy atom. The molecule has 4 N–H and O–H groups in total. The van der Waals surface area contributed by atoms with Crippen molar-refractivity contribution in [2.45, 2.75) is 11.3 Å². The van der Waals surface area contributed by atoms with Crippen molar-refractivity contribution >= 4 is 21.6 Å². The van der Waals surface area contributed by atoms with Gasteiger partial charge in [0.05, 0.1) is 10.8 Å². The van der Waals surface area contributed by atoms with E-state index in [1.165, 1.54) is 24.3 Å². The zero-order valence-electron chi connectivity index (χ0n) is 9.72. The Hall–Kier alpha value is -1.44. The number of benzene rings is 1. The third-order valence-corrected chi connectivity index (χ3v) is 3.81. The second kappa shape index (κ2) is 5.05. The van der Waals surface area contributed by atoms with Gasteiger partial charge in [-0.15, -0.1) is 0 Å². The third-order valence-electron chi connectivity index (χ3n) is 2.88. The van der Waals surface area contributed by atoms with E-state index in [0.717, 1.165) is 13.0 Å². The molecule has 18 heavy (non-hydrogen) atoms. The molecule has 1 aliphatic rings. The Labute approximate surface area is 106 Å². The van der Waals surface area contributed by atoms with Crippen molar-refractivity contribution in [1.82, 2.24) is 5.32 Å². The van der Waals surface area contributed by atoms with E-state index in [0.29, 0.717) is 12.2 Å². The van der Waals surface area contributed by atoms with Gasteiger partial charge < -0.3 is 10.6 Å². The molecule has 1 aromatic rings. The average molecular weight is 269 g/mol. The van der Waals surface area contributed by atoms with Crippen molar-refractivity contribution in [2.75, 3.05) is 18.4 Å². The summed E-state index contributed by atoms with van der Waals surface area (Å²) in [6, 6.07) is 5.80. The Balaban J connectivity index is 2.04. The van der Waals surface area contributed by atoms with E-state index in [1.807, 2.05) is 0 Å². The number of sulfonamides is 1. The average Bonchev–Trinajstić information content (AvgIpc) is 2.82. The number of hydrogen-bond acceptors (Lipinski definition) is 4. The van der Waals surface area contributed by atoms with Crippen LogP contribution < -0.4 is 15.8 Å². The highest BCUT2D eigenvalue weighted by Gasteiger charge is 2.22. The van der Waals surface area contributed by atoms with Crippen LogP contribution in [0.15, 0.2) is 29.2 Å². The Bertz CT molecular complexity index is 533. The van der Waals surface area contributed by atoms with Gasteiger partial charge in [0.2, 0.25) is 15.9 Å². The van der Waals surface area contributed by atoms with E-state index in [9.17, 15) is 13.2 Å². The number of nitrogens with two attached hydrogens (primary N) is 1. The molecule has 0 bridgehead atoms. The summed E-state index contributed by atoms with van der Waals surface area (Å²) in [5.41, 5.74) is 0.569. The summed E-state index contributed by atoms with van der Waals surface area (Å²) in [5, 5.41) is 10.8. The van der Waals surface area contributed by atoms with E-state index in [-0.39, 0.29) is 16.7 Å². The van der Waals surface area contributed by atoms with Crippen molar-refractivity contribution in [3.63, 3.8) is 0 Å². The zero-order chi connectivity index (χ0) is 13.2. The van der Waals surface area contributed by atoms with E-state index < -0.39 is 10.0 Å². The molecule has 98 valence electrons. The molecule has 1 heterocycles. The summed E-state index contributed by atoms with van der Waals surface area (Å²) < 4.78 is 22.1. The SMILES string of the molecule is NS(=O)(=O)c1ccc(NC(=O)C2CCNC2)cc1. The molecular formula is C11H15N3O3S. The van der Waals surface area contributed by atoms with Gasteiger partial charge in [-0.05, 0) is 37.2 Å². The number of nitrogens with one attached hydrogen (secondary N) is 2. The predicted octanol–water partition coefficient (Wildman–Crippen LogP) is -0.118. The molecule has 6 nitrogen and oxygen atoms in total. The lowest BCUT2D eigenvalue weighted by atomic mass is 10.1. The van der Waals surface area contributed by atoms with Crippen molar-refractivity contribution < 1.29 is 13.2 Å². The number of carbonyl (C=O) groups excluding carboxylic acids is 1. The maximum absolute atomic E-state index is 11.8. The lowest BCUT2D eigenvalue weighted by Gasteiger charge is -2.10. The molecule has 7 heteroatoms. The first-order valence-electron chi connectivity index (χ1n) is 5.61. The second-order valence-electron chi connectivity index (χ2n) is 4.25. The lowest BCUT2D eigenvalue weighted by molar-refractivity contribution is -0.119. The monoisotopic (exact) mass is 269 g/mol. The fourth-order valence-corrected chi connectivity index (χ4v) is 2.37. The maximum Gasteiger partial charge on any atom is 0.238 e. The third kappa shape index (κ3) is 3.06. The molecule has 1 unspecified atom stereocenters. The van der Waals surface area contributed by atoms with E-state index in [2.05, 4.69) is 10.6 Å². The number of carbonyl (C=O) groups is 1. The van der Waals surface area contributed by atoms with Gasteiger partial charge in [-0.1, -0.05) is 0 Å². The van der Waals surface area contributed by atoms with Gasteiger partial charge in [0.15, 0.2) is 0 Å². The van der Waals surface area contributed by atoms with E-state index in [1.54, 1.807) is 0 Å². The number of amides is 1. The fourth-order valence-electron chi connectivity index (χ4n) is 1.85. The first kappa shape index (κ1) is 13.0. The Morgan fingerprint density at radius 2 is 2.00 bits per heavy atom. The van der Waals surface area contributed by atoms with Gasteiger partial charge >= 0.3 is 0 Å². The topological polar surface area (TPSA) is 101 Å². The fraction of sp³-hybridized carbons (Fsp3) is 0.364. The molecule has 2 rings (SSSR count). The highest BCUT2D eigenvalue weighted by Crippen LogP contribution is 2.15. The minimum Gasteiger partial charge on any atom is -0.326 e. The van der Waals surface area contributed by atoms with Crippen LogP contribution >= 0.6 is 0 Å². The molecule has 0 spiro atoms. The molecule has 1 aliphatic heterocycles. The molecule has 1 saturated heterocycles. The molecule has 0 radical (unpaired) electrons. The van der Waals surface area contributed by atoms with Gasteiger partial charge in [0.1, 0.15) is 0 Å². The first-order chi connectivity index (χ1) is 8.47. The highest BCUT2D eigenvalue weighted by atomic mass is 32.2. The first-order valence-corrected chi connectivity index (χ1v) is 7.16. The van der Waals surface area contributed by atoms with E-state index in [4.69, 9.17) is 5.14 Å². The highest BCUT2D eigenvalue weighted by molar-refractivity contribution is 7.89. The molecule has 0 aliphatic carbocycles. The largest absolute Gasteiger partial charge is 0.326 e. The number of anilines is 1. The summed E-state index contributed by atoms with van der Waals surface area (Å²) in [6.07, 6.45) is 0.821. The van der Waals surface area contributed by atoms with Gasteiger partial charge in [-0.25, -0.2) is 13.6 Å². The zero-order valence-corrected chi connectivity index (χ0v) is 10.5. The van der Waals surface area contributed by atoms with Crippen molar-refractivity contribution in [3.05, 3.63) is 24.3 Å². The van der Waals surface area contributed by atoms with Crippen LogP contribution in [0.3, 0.4) is 0 Å². The molecular weight excluding hydrogens is 254 g/mol. The van der Waals surface area contributed by atoms with Crippen LogP contribution in [-0.2, 0) is 14.8 Å². The van der Waals surface area contributed by atoms with Crippen molar-refractivity contribution in [1.29, 1.82) is 0 Å². The standard InChI is InChI=1S/C11H15N3O3S/c12-18(16,17)10-3-1-9(2-4-10)14-11(15)8-5-6-13-7-8/h1-4,8,13H,5-7H2,(H,14,15)(H2,12,16,17). The van der Waals surface area contributed by atoms with Gasteiger partial charge in [-0.2, -0.15) is 0 Å². The summed E-state index contributed by atoms with van der Waals surface area (Å²) in [4.78, 5) is 11.8. The minimum atomic E-state index is -3.69. The molecule has 1 amide bonds. The molecule has 1 fully saturated rings. The normalized spacial score (nSPS) is 19.7. The number of hydrogen-bond donors (Lipinski definition) is 3. The quantitative estimate of drug-likeness (QED) is 0.712. The van der Waals surface area contributed by atoms with Crippen LogP contribution in [0.5, 0.6) is 0 Å². The molecule has 0 aromatic heterocycles. The molecule has 1 aromatic carbocycles. The van der Waals surface area contributed by atoms with Crippen molar-refractivity contribution in [3.8, 4) is 0 Å². The molecule has 0 saturated carbocycles. The second-order valence-corrected chi connectivity index (χ2v) is 5.81. The number of primary sulfonamides is 1. The van der Waals surface area contributed by atoms with Crippen molar-refractivity contribution in [2.24, 2.45) is 11.1 Å². The number of rotatable bonds is 3. The lowest BCUT2D eigenvalue weighted by Crippen LogP contribution is -2.24. The van der Waals surface area contributed by atoms with Crippen LogP contribution in [0.2, 0.25) is 0 Å². The maximum atomic E-state index is 11.8. The van der Waals surface area contributed by atoms with Crippen LogP contribution in [0, 0.1) is 5.92 Å². The van der Waals surface area contributed by atoms with Gasteiger partial charge in [-0.3, -0.25) is 4.79 Å². The summed E-state index contributed by atoms with van der Waals surface area (Å²) in [6.45, 7) is 1.53. The summed E-state index contributed by atoms with van der Waals surface area (Å²) in [5.74, 6) is -0.0775. The van der Waals surface area contributed by atoms with Crippen LogP contribution in [0.4, 0.5) is 5.69 Å². The van der Waals surface area contributed by atoms with Crippen LogP contribution in [-0.4, -0.2) is 27.4 Å². The summed E-state index contributed by atoms with van der Waals surface area (Å²) >= 11 is 0. The minimum absolute atomic E-state index is 0.0251.